The second kappa shape index (κ2) is 5.34. The lowest BCUT2D eigenvalue weighted by Crippen LogP contribution is -2.38. The van der Waals surface area contributed by atoms with Gasteiger partial charge in [-0.25, -0.2) is 4.39 Å². The Balaban J connectivity index is 2.22. The Morgan fingerprint density at radius 1 is 1.44 bits per heavy atom. The monoisotopic (exact) mass is 271 g/mol. The fourth-order valence-corrected chi connectivity index (χ4v) is 2.91. The third-order valence-corrected chi connectivity index (χ3v) is 4.15. The maximum Gasteiger partial charge on any atom is 0.170 e. The number of oxime groups is 1. The van der Waals surface area contributed by atoms with Gasteiger partial charge in [-0.05, 0) is 18.2 Å². The summed E-state index contributed by atoms with van der Waals surface area (Å²) in [6.07, 6.45) is 0. The highest BCUT2D eigenvalue weighted by molar-refractivity contribution is 7.85. The number of hydrogen-bond acceptors (Lipinski definition) is 4. The van der Waals surface area contributed by atoms with Crippen LogP contribution in [-0.4, -0.2) is 39.8 Å². The molecule has 1 saturated heterocycles. The normalized spacial score (nSPS) is 18.1. The second-order valence-corrected chi connectivity index (χ2v) is 5.68. The van der Waals surface area contributed by atoms with E-state index in [-0.39, 0.29) is 5.84 Å². The molecule has 1 aliphatic rings. The Morgan fingerprint density at radius 3 is 2.67 bits per heavy atom. The van der Waals surface area contributed by atoms with Gasteiger partial charge < -0.3 is 15.8 Å². The third-order valence-electron chi connectivity index (χ3n) is 2.87. The molecule has 0 bridgehead atoms. The number of hydrogen-bond donors (Lipinski definition) is 2. The van der Waals surface area contributed by atoms with E-state index >= 15 is 0 Å². The number of halogens is 1. The molecule has 0 atom stereocenters. The zero-order valence-corrected chi connectivity index (χ0v) is 10.5. The largest absolute Gasteiger partial charge is 0.409 e. The predicted octanol–water partition coefficient (Wildman–Crippen LogP) is 0.489. The molecule has 18 heavy (non-hydrogen) atoms. The molecule has 3 N–H and O–H groups in total. The standard InChI is InChI=1S/C11H14FN3O2S/c12-9-7-8(11(13)14-16)1-2-10(9)15-3-5-18(17)6-4-15/h1-2,7,16H,3-6H2,(H2,13,14). The van der Waals surface area contributed by atoms with Crippen LogP contribution >= 0.6 is 0 Å². The van der Waals surface area contributed by atoms with E-state index < -0.39 is 16.6 Å². The van der Waals surface area contributed by atoms with Crippen LogP contribution in [0.5, 0.6) is 0 Å². The van der Waals surface area contributed by atoms with Gasteiger partial charge in [0.1, 0.15) is 5.82 Å². The van der Waals surface area contributed by atoms with E-state index in [1.54, 1.807) is 12.1 Å². The maximum absolute atomic E-state index is 13.9. The van der Waals surface area contributed by atoms with Crippen LogP contribution < -0.4 is 10.6 Å². The minimum Gasteiger partial charge on any atom is -0.409 e. The number of anilines is 1. The molecule has 2 rings (SSSR count). The molecule has 98 valence electrons. The molecule has 1 fully saturated rings. The van der Waals surface area contributed by atoms with E-state index in [0.717, 1.165) is 0 Å². The molecular formula is C11H14FN3O2S. The Morgan fingerprint density at radius 2 is 2.11 bits per heavy atom. The summed E-state index contributed by atoms with van der Waals surface area (Å²) in [5.74, 6) is 0.565. The highest BCUT2D eigenvalue weighted by Crippen LogP contribution is 2.21. The molecule has 7 heteroatoms. The van der Waals surface area contributed by atoms with Crippen LogP contribution in [0.2, 0.25) is 0 Å². The molecule has 0 radical (unpaired) electrons. The topological polar surface area (TPSA) is 78.9 Å². The van der Waals surface area contributed by atoms with E-state index in [0.29, 0.717) is 35.8 Å². The fourth-order valence-electron chi connectivity index (χ4n) is 1.86. The minimum absolute atomic E-state index is 0.125. The summed E-state index contributed by atoms with van der Waals surface area (Å²) in [4.78, 5) is 1.85. The number of nitrogens with two attached hydrogens (primary N) is 1. The van der Waals surface area contributed by atoms with Crippen molar-refractivity contribution < 1.29 is 13.8 Å². The molecule has 0 spiro atoms. The summed E-state index contributed by atoms with van der Waals surface area (Å²) in [5.41, 5.74) is 6.18. The van der Waals surface area contributed by atoms with Crippen molar-refractivity contribution in [2.24, 2.45) is 10.9 Å². The summed E-state index contributed by atoms with van der Waals surface area (Å²) in [7, 11) is -0.791. The van der Waals surface area contributed by atoms with Crippen molar-refractivity contribution in [2.45, 2.75) is 0 Å². The molecule has 0 aliphatic carbocycles. The van der Waals surface area contributed by atoms with Crippen molar-refractivity contribution in [3.63, 3.8) is 0 Å². The molecule has 1 aromatic rings. The first-order chi connectivity index (χ1) is 8.61. The number of benzene rings is 1. The summed E-state index contributed by atoms with van der Waals surface area (Å²) in [6, 6.07) is 4.42. The van der Waals surface area contributed by atoms with Gasteiger partial charge in [-0.1, -0.05) is 5.16 Å². The van der Waals surface area contributed by atoms with Gasteiger partial charge in [-0.2, -0.15) is 0 Å². The molecule has 5 nitrogen and oxygen atoms in total. The van der Waals surface area contributed by atoms with Crippen LogP contribution in [0.4, 0.5) is 10.1 Å². The molecule has 0 amide bonds. The van der Waals surface area contributed by atoms with Gasteiger partial charge in [0.15, 0.2) is 5.84 Å². The van der Waals surface area contributed by atoms with E-state index in [1.165, 1.54) is 6.07 Å². The maximum atomic E-state index is 13.9. The lowest BCUT2D eigenvalue weighted by molar-refractivity contribution is 0.318. The Kier molecular flexibility index (Phi) is 3.81. The Bertz CT molecular complexity index is 497. The number of amidine groups is 1. The van der Waals surface area contributed by atoms with Crippen LogP contribution in [0.15, 0.2) is 23.4 Å². The molecule has 1 aliphatic heterocycles. The summed E-state index contributed by atoms with van der Waals surface area (Å²) >= 11 is 0. The van der Waals surface area contributed by atoms with E-state index in [9.17, 15) is 8.60 Å². The van der Waals surface area contributed by atoms with Crippen LogP contribution in [0, 0.1) is 5.82 Å². The van der Waals surface area contributed by atoms with Gasteiger partial charge in [0.05, 0.1) is 5.69 Å². The first-order valence-corrected chi connectivity index (χ1v) is 6.98. The lowest BCUT2D eigenvalue weighted by atomic mass is 10.1. The summed E-state index contributed by atoms with van der Waals surface area (Å²) < 4.78 is 25.2. The highest BCUT2D eigenvalue weighted by atomic mass is 32.2. The Hall–Kier alpha value is -1.63. The first-order valence-electron chi connectivity index (χ1n) is 5.49. The highest BCUT2D eigenvalue weighted by Gasteiger charge is 2.18. The molecular weight excluding hydrogens is 257 g/mol. The quantitative estimate of drug-likeness (QED) is 0.355. The summed E-state index contributed by atoms with van der Waals surface area (Å²) in [5, 5.41) is 11.3. The fraction of sp³-hybridized carbons (Fsp3) is 0.364. The number of rotatable bonds is 2. The van der Waals surface area contributed by atoms with Gasteiger partial charge in [-0.15, -0.1) is 0 Å². The zero-order chi connectivity index (χ0) is 13.1. The van der Waals surface area contributed by atoms with E-state index in [2.05, 4.69) is 5.16 Å². The van der Waals surface area contributed by atoms with Crippen molar-refractivity contribution in [1.82, 2.24) is 0 Å². The van der Waals surface area contributed by atoms with Crippen LogP contribution in [0.3, 0.4) is 0 Å². The molecule has 0 saturated carbocycles. The predicted molar refractivity (Wildman–Crippen MR) is 69.0 cm³/mol. The third kappa shape index (κ3) is 2.61. The molecule has 1 aromatic carbocycles. The first kappa shape index (κ1) is 12.8. The van der Waals surface area contributed by atoms with Crippen LogP contribution in [-0.2, 0) is 10.8 Å². The van der Waals surface area contributed by atoms with E-state index in [4.69, 9.17) is 10.9 Å². The van der Waals surface area contributed by atoms with Crippen LogP contribution in [0.1, 0.15) is 5.56 Å². The zero-order valence-electron chi connectivity index (χ0n) is 9.67. The smallest absolute Gasteiger partial charge is 0.170 e. The van der Waals surface area contributed by atoms with Crippen molar-refractivity contribution >= 4 is 22.3 Å². The van der Waals surface area contributed by atoms with Gasteiger partial charge in [0.2, 0.25) is 0 Å². The number of nitrogens with zero attached hydrogens (tertiary/aromatic N) is 2. The van der Waals surface area contributed by atoms with Gasteiger partial charge in [0.25, 0.3) is 0 Å². The molecule has 0 aromatic heterocycles. The average molecular weight is 271 g/mol. The lowest BCUT2D eigenvalue weighted by Gasteiger charge is -2.28. The average Bonchev–Trinajstić information content (AvgIpc) is 2.39. The van der Waals surface area contributed by atoms with Gasteiger partial charge in [-0.3, -0.25) is 4.21 Å². The van der Waals surface area contributed by atoms with Crippen molar-refractivity contribution in [1.29, 1.82) is 0 Å². The van der Waals surface area contributed by atoms with Crippen molar-refractivity contribution in [3.8, 4) is 0 Å². The van der Waals surface area contributed by atoms with E-state index in [1.807, 2.05) is 4.90 Å². The minimum atomic E-state index is -0.791. The SMILES string of the molecule is N/C(=N/O)c1ccc(N2CCS(=O)CC2)c(F)c1. The van der Waals surface area contributed by atoms with Gasteiger partial charge in [0, 0.05) is 41.0 Å². The Labute approximate surface area is 107 Å². The molecule has 0 unspecified atom stereocenters. The van der Waals surface area contributed by atoms with Crippen molar-refractivity contribution in [3.05, 3.63) is 29.6 Å². The summed E-state index contributed by atoms with van der Waals surface area (Å²) in [6.45, 7) is 1.15. The van der Waals surface area contributed by atoms with Crippen molar-refractivity contribution in [2.75, 3.05) is 29.5 Å². The molecule has 1 heterocycles. The van der Waals surface area contributed by atoms with Crippen LogP contribution in [0.25, 0.3) is 0 Å². The van der Waals surface area contributed by atoms with Gasteiger partial charge >= 0.3 is 0 Å². The second-order valence-electron chi connectivity index (χ2n) is 3.99.